The summed E-state index contributed by atoms with van der Waals surface area (Å²) in [6, 6.07) is 10.8. The first kappa shape index (κ1) is 23.5. The van der Waals surface area contributed by atoms with Crippen molar-refractivity contribution in [2.45, 2.75) is 25.9 Å². The predicted molar refractivity (Wildman–Crippen MR) is 117 cm³/mol. The minimum absolute atomic E-state index is 0.180. The van der Waals surface area contributed by atoms with E-state index in [9.17, 15) is 22.8 Å². The number of benzene rings is 2. The molecular formula is C24H26F3N3O2. The number of rotatable bonds is 9. The molecule has 0 saturated heterocycles. The second-order valence-corrected chi connectivity index (χ2v) is 7.71. The number of hydrogen-bond acceptors (Lipinski definition) is 4. The second-order valence-electron chi connectivity index (χ2n) is 7.71. The van der Waals surface area contributed by atoms with E-state index in [0.29, 0.717) is 36.2 Å². The first-order valence-electron chi connectivity index (χ1n) is 10.5. The Labute approximate surface area is 185 Å². The Hall–Kier alpha value is -3.13. The van der Waals surface area contributed by atoms with Crippen LogP contribution in [0, 0.1) is 0 Å². The van der Waals surface area contributed by atoms with Crippen molar-refractivity contribution in [3.63, 3.8) is 0 Å². The van der Waals surface area contributed by atoms with Crippen molar-refractivity contribution in [2.24, 2.45) is 0 Å². The molecule has 5 nitrogen and oxygen atoms in total. The van der Waals surface area contributed by atoms with E-state index in [2.05, 4.69) is 4.90 Å². The molecule has 0 radical (unpaired) electrons. The second kappa shape index (κ2) is 9.99. The first-order chi connectivity index (χ1) is 15.2. The summed E-state index contributed by atoms with van der Waals surface area (Å²) in [5.41, 5.74) is 5.79. The van der Waals surface area contributed by atoms with E-state index < -0.39 is 11.7 Å². The average molecular weight is 445 g/mol. The fourth-order valence-electron chi connectivity index (χ4n) is 3.71. The molecule has 0 aromatic heterocycles. The zero-order chi connectivity index (χ0) is 23.3. The van der Waals surface area contributed by atoms with Crippen molar-refractivity contribution in [1.82, 2.24) is 9.80 Å². The van der Waals surface area contributed by atoms with Crippen LogP contribution in [-0.2, 0) is 12.6 Å². The molecule has 2 aromatic carbocycles. The van der Waals surface area contributed by atoms with Crippen molar-refractivity contribution >= 4 is 17.5 Å². The quantitative estimate of drug-likeness (QED) is 0.353. The molecule has 3 rings (SSSR count). The molecule has 0 aliphatic carbocycles. The predicted octanol–water partition coefficient (Wildman–Crippen LogP) is 4.39. The summed E-state index contributed by atoms with van der Waals surface area (Å²) >= 11 is 0. The lowest BCUT2D eigenvalue weighted by molar-refractivity contribution is -0.137. The van der Waals surface area contributed by atoms with E-state index in [0.717, 1.165) is 19.0 Å². The summed E-state index contributed by atoms with van der Waals surface area (Å²) in [6.45, 7) is 4.13. The molecule has 1 aliphatic heterocycles. The van der Waals surface area contributed by atoms with Crippen LogP contribution in [0.2, 0.25) is 0 Å². The molecule has 1 heterocycles. The van der Waals surface area contributed by atoms with Crippen LogP contribution >= 0.6 is 0 Å². The minimum Gasteiger partial charge on any atom is -0.398 e. The fraction of sp³-hybridized carbons (Fsp3) is 0.333. The van der Waals surface area contributed by atoms with Gasteiger partial charge in [0.1, 0.15) is 0 Å². The number of anilines is 1. The van der Waals surface area contributed by atoms with Gasteiger partial charge in [0.05, 0.1) is 16.7 Å². The van der Waals surface area contributed by atoms with Crippen molar-refractivity contribution in [3.05, 3.63) is 76.9 Å². The summed E-state index contributed by atoms with van der Waals surface area (Å²) < 4.78 is 39.2. The van der Waals surface area contributed by atoms with Crippen molar-refractivity contribution in [1.29, 1.82) is 0 Å². The number of alkyl halides is 3. The van der Waals surface area contributed by atoms with Gasteiger partial charge in [0.2, 0.25) is 0 Å². The third-order valence-corrected chi connectivity index (χ3v) is 5.38. The van der Waals surface area contributed by atoms with Crippen molar-refractivity contribution in [2.75, 3.05) is 31.9 Å². The number of halogens is 3. The lowest BCUT2D eigenvalue weighted by Gasteiger charge is -2.20. The molecular weight excluding hydrogens is 419 g/mol. The number of imide groups is 1. The Balaban J connectivity index is 1.56. The van der Waals surface area contributed by atoms with Crippen LogP contribution in [-0.4, -0.2) is 47.8 Å². The highest BCUT2D eigenvalue weighted by atomic mass is 19.4. The van der Waals surface area contributed by atoms with E-state index in [1.54, 1.807) is 36.4 Å². The van der Waals surface area contributed by atoms with Crippen LogP contribution in [0.1, 0.15) is 45.2 Å². The van der Waals surface area contributed by atoms with E-state index >= 15 is 0 Å². The minimum atomic E-state index is -4.48. The van der Waals surface area contributed by atoms with Gasteiger partial charge in [-0.05, 0) is 49.2 Å². The van der Waals surface area contributed by atoms with E-state index in [4.69, 9.17) is 5.73 Å². The smallest absolute Gasteiger partial charge is 0.398 e. The molecule has 2 N–H and O–H groups in total. The molecule has 0 fully saturated rings. The lowest BCUT2D eigenvalue weighted by atomic mass is 10.1. The standard InChI is InChI=1S/C24H26F3N3O2/c1-2-12-29(15-11-17-9-10-21(28)20(16-17)24(25,26)27)13-5-6-14-30-22(31)18-7-3-4-8-19(18)23(30)32/h3-10,16H,2,11-15,28H2,1H3/b6-5-. The van der Waals surface area contributed by atoms with Gasteiger partial charge in [0.25, 0.3) is 11.8 Å². The molecule has 2 aromatic rings. The largest absolute Gasteiger partial charge is 0.418 e. The topological polar surface area (TPSA) is 66.6 Å². The lowest BCUT2D eigenvalue weighted by Crippen LogP contribution is -2.30. The van der Waals surface area contributed by atoms with E-state index in [-0.39, 0.29) is 24.0 Å². The van der Waals surface area contributed by atoms with Crippen LogP contribution in [0.5, 0.6) is 0 Å². The number of nitrogens with two attached hydrogens (primary N) is 1. The number of fused-ring (bicyclic) bond motifs is 1. The Bertz CT molecular complexity index is 983. The van der Waals surface area contributed by atoms with Crippen LogP contribution in [0.25, 0.3) is 0 Å². The van der Waals surface area contributed by atoms with Crippen molar-refractivity contribution in [3.8, 4) is 0 Å². The SMILES string of the molecule is CCCN(C/C=C\CN1C(=O)c2ccccc2C1=O)CCc1ccc(N)c(C(F)(F)F)c1. The Morgan fingerprint density at radius 1 is 1.00 bits per heavy atom. The van der Waals surface area contributed by atoms with Gasteiger partial charge in [-0.25, -0.2) is 0 Å². The van der Waals surface area contributed by atoms with E-state index in [1.807, 2.05) is 13.0 Å². The molecule has 32 heavy (non-hydrogen) atoms. The Morgan fingerprint density at radius 3 is 2.25 bits per heavy atom. The molecule has 0 bridgehead atoms. The third kappa shape index (κ3) is 5.37. The maximum absolute atomic E-state index is 13.1. The van der Waals surface area contributed by atoms with E-state index in [1.165, 1.54) is 11.0 Å². The first-order valence-corrected chi connectivity index (χ1v) is 10.5. The van der Waals surface area contributed by atoms with Gasteiger partial charge < -0.3 is 5.73 Å². The number of nitrogens with zero attached hydrogens (tertiary/aromatic N) is 2. The number of carbonyl (C=O) groups is 2. The highest BCUT2D eigenvalue weighted by Crippen LogP contribution is 2.34. The monoisotopic (exact) mass is 445 g/mol. The number of carbonyl (C=O) groups excluding carboxylic acids is 2. The molecule has 0 atom stereocenters. The summed E-state index contributed by atoms with van der Waals surface area (Å²) in [4.78, 5) is 28.1. The zero-order valence-electron chi connectivity index (χ0n) is 17.9. The normalized spacial score (nSPS) is 14.1. The molecule has 8 heteroatoms. The molecule has 0 unspecified atom stereocenters. The van der Waals surface area contributed by atoms with Crippen molar-refractivity contribution < 1.29 is 22.8 Å². The van der Waals surface area contributed by atoms with Gasteiger partial charge in [-0.1, -0.05) is 37.3 Å². The van der Waals surface area contributed by atoms with Gasteiger partial charge in [0, 0.05) is 25.3 Å². The molecule has 0 spiro atoms. The molecule has 170 valence electrons. The van der Waals surface area contributed by atoms with Crippen LogP contribution in [0.4, 0.5) is 18.9 Å². The summed E-state index contributed by atoms with van der Waals surface area (Å²) in [5.74, 6) is -0.603. The summed E-state index contributed by atoms with van der Waals surface area (Å²) in [5, 5.41) is 0. The highest BCUT2D eigenvalue weighted by Gasteiger charge is 2.34. The van der Waals surface area contributed by atoms with Gasteiger partial charge in [-0.3, -0.25) is 19.4 Å². The Kier molecular flexibility index (Phi) is 7.35. The van der Waals surface area contributed by atoms with Gasteiger partial charge in [0.15, 0.2) is 0 Å². The number of amides is 2. The summed E-state index contributed by atoms with van der Waals surface area (Å²) in [6.07, 6.45) is 0.520. The summed E-state index contributed by atoms with van der Waals surface area (Å²) in [7, 11) is 0. The van der Waals surface area contributed by atoms with Gasteiger partial charge >= 0.3 is 6.18 Å². The average Bonchev–Trinajstić information content (AvgIpc) is 3.00. The maximum Gasteiger partial charge on any atom is 0.418 e. The van der Waals surface area contributed by atoms with Crippen LogP contribution in [0.3, 0.4) is 0 Å². The maximum atomic E-state index is 13.1. The number of nitrogen functional groups attached to an aromatic ring is 1. The highest BCUT2D eigenvalue weighted by molar-refractivity contribution is 6.21. The molecule has 0 saturated carbocycles. The molecule has 2 amide bonds. The van der Waals surface area contributed by atoms with Crippen LogP contribution < -0.4 is 5.73 Å². The third-order valence-electron chi connectivity index (χ3n) is 5.38. The fourth-order valence-corrected chi connectivity index (χ4v) is 3.71. The van der Waals surface area contributed by atoms with Crippen LogP contribution in [0.15, 0.2) is 54.6 Å². The molecule has 1 aliphatic rings. The number of hydrogen-bond donors (Lipinski definition) is 1. The van der Waals surface area contributed by atoms with Gasteiger partial charge in [-0.15, -0.1) is 0 Å². The Morgan fingerprint density at radius 2 is 1.66 bits per heavy atom. The van der Waals surface area contributed by atoms with Gasteiger partial charge in [-0.2, -0.15) is 13.2 Å². The zero-order valence-corrected chi connectivity index (χ0v) is 17.9.